The molecular weight excluding hydrogens is 302 g/mol. The first-order chi connectivity index (χ1) is 9.29. The molecule has 0 radical (unpaired) electrons. The van der Waals surface area contributed by atoms with E-state index in [2.05, 4.69) is 20.8 Å². The summed E-state index contributed by atoms with van der Waals surface area (Å²) < 4.78 is 0. The maximum atomic E-state index is 12.4. The molecule has 1 amide bonds. The molecule has 2 rings (SSSR count). The van der Waals surface area contributed by atoms with E-state index in [9.17, 15) is 4.79 Å². The number of likely N-dealkylation sites (tertiary alicyclic amines) is 1. The smallest absolute Gasteiger partial charge is 0.222 e. The first-order valence-electron chi connectivity index (χ1n) is 8.13. The molecule has 0 bridgehead atoms. The van der Waals surface area contributed by atoms with Crippen LogP contribution in [-0.4, -0.2) is 29.2 Å². The summed E-state index contributed by atoms with van der Waals surface area (Å²) >= 11 is 3.53. The van der Waals surface area contributed by atoms with Gasteiger partial charge in [-0.25, -0.2) is 0 Å². The van der Waals surface area contributed by atoms with Gasteiger partial charge in [0.05, 0.1) is 0 Å². The Morgan fingerprint density at radius 2 is 1.68 bits per heavy atom. The lowest BCUT2D eigenvalue weighted by Gasteiger charge is -2.33. The van der Waals surface area contributed by atoms with Gasteiger partial charge in [0.25, 0.3) is 0 Å². The van der Waals surface area contributed by atoms with Crippen LogP contribution in [0.15, 0.2) is 0 Å². The van der Waals surface area contributed by atoms with E-state index in [0.717, 1.165) is 30.8 Å². The number of piperidine rings is 1. The fraction of sp³-hybridized carbons (Fsp3) is 0.938. The van der Waals surface area contributed by atoms with Gasteiger partial charge in [0.1, 0.15) is 0 Å². The summed E-state index contributed by atoms with van der Waals surface area (Å²) in [5, 5.41) is 1.07. The number of carbonyl (C=O) groups is 1. The van der Waals surface area contributed by atoms with E-state index >= 15 is 0 Å². The van der Waals surface area contributed by atoms with Crippen molar-refractivity contribution in [3.8, 4) is 0 Å². The van der Waals surface area contributed by atoms with Crippen molar-refractivity contribution in [2.75, 3.05) is 18.4 Å². The van der Waals surface area contributed by atoms with Crippen molar-refractivity contribution in [3.63, 3.8) is 0 Å². The molecule has 2 nitrogen and oxygen atoms in total. The molecule has 1 aliphatic carbocycles. The normalized spacial score (nSPS) is 26.2. The topological polar surface area (TPSA) is 20.3 Å². The number of carbonyl (C=O) groups excluding carboxylic acids is 1. The number of nitrogens with zero attached hydrogens (tertiary/aromatic N) is 1. The van der Waals surface area contributed by atoms with Gasteiger partial charge in [-0.2, -0.15) is 0 Å². The van der Waals surface area contributed by atoms with Crippen molar-refractivity contribution in [2.45, 2.75) is 64.2 Å². The highest BCUT2D eigenvalue weighted by Crippen LogP contribution is 2.27. The van der Waals surface area contributed by atoms with E-state index < -0.39 is 0 Å². The van der Waals surface area contributed by atoms with Crippen molar-refractivity contribution in [1.82, 2.24) is 4.90 Å². The third kappa shape index (κ3) is 5.09. The molecule has 2 fully saturated rings. The van der Waals surface area contributed by atoms with Gasteiger partial charge < -0.3 is 4.90 Å². The second-order valence-electron chi connectivity index (χ2n) is 6.39. The summed E-state index contributed by atoms with van der Waals surface area (Å²) in [6.45, 7) is 2.02. The van der Waals surface area contributed by atoms with Crippen molar-refractivity contribution in [2.24, 2.45) is 11.8 Å². The van der Waals surface area contributed by atoms with Gasteiger partial charge in [-0.3, -0.25) is 4.79 Å². The van der Waals surface area contributed by atoms with Crippen LogP contribution in [-0.2, 0) is 4.79 Å². The Labute approximate surface area is 126 Å². The zero-order chi connectivity index (χ0) is 13.5. The van der Waals surface area contributed by atoms with Crippen molar-refractivity contribution < 1.29 is 4.79 Å². The van der Waals surface area contributed by atoms with E-state index in [-0.39, 0.29) is 0 Å². The molecule has 1 heterocycles. The number of amides is 1. The third-order valence-corrected chi connectivity index (χ3v) is 5.28. The zero-order valence-electron chi connectivity index (χ0n) is 12.1. The molecule has 1 unspecified atom stereocenters. The minimum Gasteiger partial charge on any atom is -0.342 e. The first-order valence-corrected chi connectivity index (χ1v) is 9.25. The summed E-state index contributed by atoms with van der Waals surface area (Å²) in [7, 11) is 0. The Morgan fingerprint density at radius 3 is 2.37 bits per heavy atom. The second-order valence-corrected chi connectivity index (χ2v) is 7.18. The van der Waals surface area contributed by atoms with Crippen molar-refractivity contribution in [1.29, 1.82) is 0 Å². The summed E-state index contributed by atoms with van der Waals surface area (Å²) in [6, 6.07) is 0. The van der Waals surface area contributed by atoms with E-state index in [1.165, 1.54) is 57.8 Å². The maximum absolute atomic E-state index is 12.4. The van der Waals surface area contributed by atoms with Crippen LogP contribution in [0.2, 0.25) is 0 Å². The van der Waals surface area contributed by atoms with Crippen LogP contribution in [0, 0.1) is 11.8 Å². The van der Waals surface area contributed by atoms with Crippen LogP contribution in [0.4, 0.5) is 0 Å². The Bertz CT molecular complexity index is 272. The first kappa shape index (κ1) is 15.3. The molecule has 3 heteroatoms. The standard InChI is InChI=1S/C16H28BrNO/c17-10-9-15-8-5-11-18(13-15)16(19)12-14-6-3-1-2-4-7-14/h14-15H,1-13H2. The Kier molecular flexibility index (Phi) is 6.69. The zero-order valence-corrected chi connectivity index (χ0v) is 13.7. The molecule has 0 aromatic heterocycles. The van der Waals surface area contributed by atoms with Gasteiger partial charge in [-0.05, 0) is 43.9 Å². The second kappa shape index (κ2) is 8.28. The van der Waals surface area contributed by atoms with Gasteiger partial charge in [0.15, 0.2) is 0 Å². The molecule has 110 valence electrons. The Hall–Kier alpha value is -0.0500. The van der Waals surface area contributed by atoms with Crippen molar-refractivity contribution >= 4 is 21.8 Å². The molecule has 0 aromatic carbocycles. The molecule has 19 heavy (non-hydrogen) atoms. The van der Waals surface area contributed by atoms with E-state index in [0.29, 0.717) is 11.8 Å². The van der Waals surface area contributed by atoms with Crippen LogP contribution in [0.1, 0.15) is 64.2 Å². The monoisotopic (exact) mass is 329 g/mol. The molecule has 1 saturated carbocycles. The van der Waals surface area contributed by atoms with Crippen LogP contribution < -0.4 is 0 Å². The molecule has 0 N–H and O–H groups in total. The summed E-state index contributed by atoms with van der Waals surface area (Å²) in [5.41, 5.74) is 0. The predicted molar refractivity (Wildman–Crippen MR) is 83.5 cm³/mol. The lowest BCUT2D eigenvalue weighted by Crippen LogP contribution is -2.40. The van der Waals surface area contributed by atoms with Crippen LogP contribution in [0.25, 0.3) is 0 Å². The largest absolute Gasteiger partial charge is 0.342 e. The minimum atomic E-state index is 0.436. The molecule has 2 aliphatic rings. The van der Waals surface area contributed by atoms with Gasteiger partial charge in [0, 0.05) is 24.8 Å². The quantitative estimate of drug-likeness (QED) is 0.554. The third-order valence-electron chi connectivity index (χ3n) is 4.83. The highest BCUT2D eigenvalue weighted by atomic mass is 79.9. The molecular formula is C16H28BrNO. The fourth-order valence-corrected chi connectivity index (χ4v) is 4.27. The molecule has 1 saturated heterocycles. The number of halogens is 1. The number of rotatable bonds is 4. The van der Waals surface area contributed by atoms with Crippen molar-refractivity contribution in [3.05, 3.63) is 0 Å². The van der Waals surface area contributed by atoms with Crippen LogP contribution in [0.5, 0.6) is 0 Å². The lowest BCUT2D eigenvalue weighted by atomic mass is 9.93. The van der Waals surface area contributed by atoms with Gasteiger partial charge in [-0.1, -0.05) is 41.6 Å². The summed E-state index contributed by atoms with van der Waals surface area (Å²) in [5.74, 6) is 1.84. The van der Waals surface area contributed by atoms with Crippen LogP contribution >= 0.6 is 15.9 Å². The van der Waals surface area contributed by atoms with E-state index in [1.54, 1.807) is 0 Å². The maximum Gasteiger partial charge on any atom is 0.222 e. The molecule has 1 aliphatic heterocycles. The summed E-state index contributed by atoms with van der Waals surface area (Å²) in [4.78, 5) is 14.6. The SMILES string of the molecule is O=C(CC1CCCCCC1)N1CCCC(CCBr)C1. The Morgan fingerprint density at radius 1 is 1.00 bits per heavy atom. The molecule has 0 spiro atoms. The minimum absolute atomic E-state index is 0.436. The Balaban J connectivity index is 1.78. The molecule has 0 aromatic rings. The fourth-order valence-electron chi connectivity index (χ4n) is 3.63. The number of hydrogen-bond acceptors (Lipinski definition) is 1. The van der Waals surface area contributed by atoms with Gasteiger partial charge >= 0.3 is 0 Å². The number of alkyl halides is 1. The van der Waals surface area contributed by atoms with E-state index in [1.807, 2.05) is 0 Å². The average Bonchev–Trinajstić information content (AvgIpc) is 2.68. The molecule has 1 atom stereocenters. The van der Waals surface area contributed by atoms with Gasteiger partial charge in [-0.15, -0.1) is 0 Å². The van der Waals surface area contributed by atoms with Gasteiger partial charge in [0.2, 0.25) is 5.91 Å². The average molecular weight is 330 g/mol. The van der Waals surface area contributed by atoms with E-state index in [4.69, 9.17) is 0 Å². The predicted octanol–water partition coefficient (Wildman–Crippen LogP) is 4.37. The highest BCUT2D eigenvalue weighted by molar-refractivity contribution is 9.09. The summed E-state index contributed by atoms with van der Waals surface area (Å²) in [6.07, 6.45) is 12.5. The number of hydrogen-bond donors (Lipinski definition) is 0. The van der Waals surface area contributed by atoms with Crippen LogP contribution in [0.3, 0.4) is 0 Å². The highest BCUT2D eigenvalue weighted by Gasteiger charge is 2.25. The lowest BCUT2D eigenvalue weighted by molar-refractivity contribution is -0.134.